The highest BCUT2D eigenvalue weighted by Gasteiger charge is 2.16. The number of benzene rings is 1. The molecule has 1 aliphatic heterocycles. The van der Waals surface area contributed by atoms with Crippen LogP contribution in [0.5, 0.6) is 5.75 Å². The smallest absolute Gasteiger partial charge is 0.173 e. The fourth-order valence-corrected chi connectivity index (χ4v) is 3.27. The Morgan fingerprint density at radius 3 is 2.78 bits per heavy atom. The van der Waals surface area contributed by atoms with E-state index < -0.39 is 0 Å². The molecule has 1 saturated heterocycles. The fourth-order valence-electron chi connectivity index (χ4n) is 3.00. The first-order valence-electron chi connectivity index (χ1n) is 9.19. The Hall–Kier alpha value is -2.09. The van der Waals surface area contributed by atoms with Crippen molar-refractivity contribution in [3.63, 3.8) is 0 Å². The van der Waals surface area contributed by atoms with Crippen LogP contribution in [-0.2, 0) is 11.3 Å². The minimum atomic E-state index is 0.633. The summed E-state index contributed by atoms with van der Waals surface area (Å²) in [6, 6.07) is 11.8. The Kier molecular flexibility index (Phi) is 7.09. The Morgan fingerprint density at radius 1 is 1.26 bits per heavy atom. The van der Waals surface area contributed by atoms with E-state index in [-0.39, 0.29) is 0 Å². The normalized spacial score (nSPS) is 14.7. The van der Waals surface area contributed by atoms with Crippen LogP contribution in [0.1, 0.15) is 11.5 Å². The Morgan fingerprint density at radius 2 is 2.07 bits per heavy atom. The van der Waals surface area contributed by atoms with E-state index in [4.69, 9.17) is 26.1 Å². The molecular weight excluding hydrogens is 362 g/mol. The first kappa shape index (κ1) is 19.7. The fraction of sp³-hybridized carbons (Fsp3) is 0.450. The Labute approximate surface area is 166 Å². The van der Waals surface area contributed by atoms with Crippen LogP contribution in [0.25, 0.3) is 0 Å². The highest BCUT2D eigenvalue weighted by atomic mass is 32.1. The minimum absolute atomic E-state index is 0.633. The third-order valence-electron chi connectivity index (χ3n) is 4.54. The molecule has 27 heavy (non-hydrogen) atoms. The molecule has 0 radical (unpaired) electrons. The van der Waals surface area contributed by atoms with Crippen molar-refractivity contribution in [2.75, 3.05) is 51.8 Å². The van der Waals surface area contributed by atoms with Gasteiger partial charge in [0, 0.05) is 37.9 Å². The van der Waals surface area contributed by atoms with Crippen molar-refractivity contribution in [3.8, 4) is 5.75 Å². The third kappa shape index (κ3) is 5.95. The SMILES string of the molecule is COc1cccc(NC(=S)N(CCN2CCOCC2)Cc2ccc(C)o2)c1. The molecule has 0 bridgehead atoms. The van der Waals surface area contributed by atoms with Gasteiger partial charge in [0.05, 0.1) is 26.9 Å². The van der Waals surface area contributed by atoms with E-state index in [0.29, 0.717) is 11.7 Å². The van der Waals surface area contributed by atoms with Crippen LogP contribution in [-0.4, -0.2) is 61.4 Å². The van der Waals surface area contributed by atoms with Crippen LogP contribution in [0.3, 0.4) is 0 Å². The summed E-state index contributed by atoms with van der Waals surface area (Å²) in [5.74, 6) is 2.61. The van der Waals surface area contributed by atoms with Crippen molar-refractivity contribution in [1.29, 1.82) is 0 Å². The van der Waals surface area contributed by atoms with E-state index in [1.165, 1.54) is 0 Å². The second-order valence-corrected chi connectivity index (χ2v) is 6.94. The highest BCUT2D eigenvalue weighted by molar-refractivity contribution is 7.80. The van der Waals surface area contributed by atoms with E-state index in [9.17, 15) is 0 Å². The summed E-state index contributed by atoms with van der Waals surface area (Å²) in [4.78, 5) is 4.54. The van der Waals surface area contributed by atoms with E-state index >= 15 is 0 Å². The number of nitrogens with zero attached hydrogens (tertiary/aromatic N) is 2. The van der Waals surface area contributed by atoms with E-state index in [1.54, 1.807) is 7.11 Å². The number of morpholine rings is 1. The number of hydrogen-bond donors (Lipinski definition) is 1. The van der Waals surface area contributed by atoms with Gasteiger partial charge >= 0.3 is 0 Å². The number of nitrogens with one attached hydrogen (secondary N) is 1. The predicted octanol–water partition coefficient (Wildman–Crippen LogP) is 3.13. The number of furan rings is 1. The number of hydrogen-bond acceptors (Lipinski definition) is 5. The van der Waals surface area contributed by atoms with Crippen molar-refractivity contribution in [3.05, 3.63) is 47.9 Å². The van der Waals surface area contributed by atoms with Gasteiger partial charge in [0.1, 0.15) is 17.3 Å². The van der Waals surface area contributed by atoms with Gasteiger partial charge in [0.2, 0.25) is 0 Å². The van der Waals surface area contributed by atoms with Gasteiger partial charge in [-0.15, -0.1) is 0 Å². The molecule has 0 atom stereocenters. The van der Waals surface area contributed by atoms with Crippen LogP contribution >= 0.6 is 12.2 Å². The van der Waals surface area contributed by atoms with Crippen molar-refractivity contribution < 1.29 is 13.9 Å². The van der Waals surface area contributed by atoms with E-state index in [2.05, 4.69) is 15.1 Å². The summed E-state index contributed by atoms with van der Waals surface area (Å²) < 4.78 is 16.5. The molecule has 3 rings (SSSR count). The van der Waals surface area contributed by atoms with Crippen LogP contribution in [0.4, 0.5) is 5.69 Å². The van der Waals surface area contributed by atoms with E-state index in [0.717, 1.165) is 62.4 Å². The standard InChI is InChI=1S/C20H27N3O3S/c1-16-6-7-19(26-16)15-23(9-8-22-10-12-25-13-11-22)20(27)21-17-4-3-5-18(14-17)24-2/h3-7,14H,8-13,15H2,1-2H3,(H,21,27). The number of methoxy groups -OCH3 is 1. The number of anilines is 1. The van der Waals surface area contributed by atoms with Crippen molar-refractivity contribution in [2.45, 2.75) is 13.5 Å². The first-order chi connectivity index (χ1) is 13.1. The number of aryl methyl sites for hydroxylation is 1. The molecule has 1 aromatic heterocycles. The average molecular weight is 390 g/mol. The molecular formula is C20H27N3O3S. The Bertz CT molecular complexity index is 744. The maximum Gasteiger partial charge on any atom is 0.173 e. The second-order valence-electron chi connectivity index (χ2n) is 6.55. The van der Waals surface area contributed by atoms with Gasteiger partial charge in [-0.1, -0.05) is 6.07 Å². The Balaban J connectivity index is 1.65. The lowest BCUT2D eigenvalue weighted by Gasteiger charge is -2.31. The zero-order chi connectivity index (χ0) is 19.1. The van der Waals surface area contributed by atoms with Gasteiger partial charge in [0.15, 0.2) is 5.11 Å². The predicted molar refractivity (Wildman–Crippen MR) is 110 cm³/mol. The topological polar surface area (TPSA) is 50.1 Å². The molecule has 2 heterocycles. The number of ether oxygens (including phenoxy) is 2. The van der Waals surface area contributed by atoms with Gasteiger partial charge in [-0.3, -0.25) is 4.90 Å². The lowest BCUT2D eigenvalue weighted by Crippen LogP contribution is -2.43. The maximum atomic E-state index is 5.76. The summed E-state index contributed by atoms with van der Waals surface area (Å²) in [5, 5.41) is 4.00. The quantitative estimate of drug-likeness (QED) is 0.730. The van der Waals surface area contributed by atoms with Gasteiger partial charge in [-0.25, -0.2) is 0 Å². The molecule has 146 valence electrons. The lowest BCUT2D eigenvalue weighted by molar-refractivity contribution is 0.0356. The molecule has 2 aromatic rings. The zero-order valence-corrected chi connectivity index (χ0v) is 16.8. The molecule has 0 amide bonds. The van der Waals surface area contributed by atoms with Gasteiger partial charge in [-0.05, 0) is 43.4 Å². The molecule has 1 fully saturated rings. The third-order valence-corrected chi connectivity index (χ3v) is 4.90. The molecule has 1 N–H and O–H groups in total. The number of rotatable bonds is 7. The number of thiocarbonyl (C=S) groups is 1. The van der Waals surface area contributed by atoms with Crippen LogP contribution < -0.4 is 10.1 Å². The van der Waals surface area contributed by atoms with Crippen LogP contribution in [0.2, 0.25) is 0 Å². The van der Waals surface area contributed by atoms with Crippen molar-refractivity contribution in [1.82, 2.24) is 9.80 Å². The molecule has 0 aliphatic carbocycles. The maximum absolute atomic E-state index is 5.76. The molecule has 1 aliphatic rings. The minimum Gasteiger partial charge on any atom is -0.497 e. The molecule has 0 saturated carbocycles. The van der Waals surface area contributed by atoms with E-state index in [1.807, 2.05) is 43.3 Å². The second kappa shape index (κ2) is 9.73. The van der Waals surface area contributed by atoms with Crippen molar-refractivity contribution >= 4 is 23.0 Å². The lowest BCUT2D eigenvalue weighted by atomic mass is 10.3. The highest BCUT2D eigenvalue weighted by Crippen LogP contribution is 2.18. The van der Waals surface area contributed by atoms with Gasteiger partial charge in [-0.2, -0.15) is 0 Å². The van der Waals surface area contributed by atoms with Gasteiger partial charge in [0.25, 0.3) is 0 Å². The summed E-state index contributed by atoms with van der Waals surface area (Å²) in [6.07, 6.45) is 0. The summed E-state index contributed by atoms with van der Waals surface area (Å²) in [7, 11) is 1.66. The summed E-state index contributed by atoms with van der Waals surface area (Å²) >= 11 is 5.70. The van der Waals surface area contributed by atoms with Gasteiger partial charge < -0.3 is 24.1 Å². The largest absolute Gasteiger partial charge is 0.497 e. The molecule has 0 unspecified atom stereocenters. The van der Waals surface area contributed by atoms with Crippen molar-refractivity contribution in [2.24, 2.45) is 0 Å². The molecule has 0 spiro atoms. The first-order valence-corrected chi connectivity index (χ1v) is 9.60. The summed E-state index contributed by atoms with van der Waals surface area (Å²) in [5.41, 5.74) is 0.909. The molecule has 6 nitrogen and oxygen atoms in total. The van der Waals surface area contributed by atoms with Crippen LogP contribution in [0, 0.1) is 6.92 Å². The van der Waals surface area contributed by atoms with Crippen LogP contribution in [0.15, 0.2) is 40.8 Å². The monoisotopic (exact) mass is 389 g/mol. The zero-order valence-electron chi connectivity index (χ0n) is 15.9. The average Bonchev–Trinajstić information content (AvgIpc) is 3.10. The molecule has 7 heteroatoms. The summed E-state index contributed by atoms with van der Waals surface area (Å²) in [6.45, 7) is 7.85. The molecule has 1 aromatic carbocycles.